The highest BCUT2D eigenvalue weighted by Gasteiger charge is 2.19. The summed E-state index contributed by atoms with van der Waals surface area (Å²) in [6.07, 6.45) is 8.08. The van der Waals surface area contributed by atoms with E-state index >= 15 is 0 Å². The van der Waals surface area contributed by atoms with Gasteiger partial charge in [0.15, 0.2) is 0 Å². The maximum Gasteiger partial charge on any atom is 0.303 e. The molecule has 0 aromatic heterocycles. The summed E-state index contributed by atoms with van der Waals surface area (Å²) in [4.78, 5) is 11.0. The topological polar surface area (TPSA) is 55.8 Å². The average Bonchev–Trinajstić information content (AvgIpc) is 2.65. The van der Waals surface area contributed by atoms with Crippen molar-refractivity contribution < 1.29 is 19.4 Å². The zero-order valence-corrected chi connectivity index (χ0v) is 14.0. The Morgan fingerprint density at radius 3 is 2.52 bits per heavy atom. The Balaban J connectivity index is 1.83. The zero-order valence-electron chi connectivity index (χ0n) is 14.0. The smallest absolute Gasteiger partial charge is 0.303 e. The van der Waals surface area contributed by atoms with Crippen LogP contribution in [0.5, 0.6) is 5.75 Å². The number of ether oxygens (including phenoxy) is 2. The lowest BCUT2D eigenvalue weighted by Crippen LogP contribution is -2.15. The Morgan fingerprint density at radius 1 is 1.09 bits per heavy atom. The fourth-order valence-electron chi connectivity index (χ4n) is 3.25. The molecule has 2 unspecified atom stereocenters. The lowest BCUT2D eigenvalue weighted by atomic mass is 9.93. The van der Waals surface area contributed by atoms with Gasteiger partial charge in [0.2, 0.25) is 0 Å². The SMILES string of the molecule is COc1ccc(COC2CCCCCC(CC(=O)O)CC2)cc1. The molecule has 1 fully saturated rings. The first-order valence-corrected chi connectivity index (χ1v) is 8.63. The maximum atomic E-state index is 11.0. The van der Waals surface area contributed by atoms with Crippen molar-refractivity contribution in [2.24, 2.45) is 5.92 Å². The third-order valence-electron chi connectivity index (χ3n) is 4.64. The van der Waals surface area contributed by atoms with Gasteiger partial charge in [-0.3, -0.25) is 4.79 Å². The van der Waals surface area contributed by atoms with Crippen LogP contribution < -0.4 is 4.74 Å². The van der Waals surface area contributed by atoms with E-state index in [2.05, 4.69) is 0 Å². The minimum Gasteiger partial charge on any atom is -0.497 e. The largest absolute Gasteiger partial charge is 0.497 e. The van der Waals surface area contributed by atoms with E-state index in [1.54, 1.807) is 7.11 Å². The second-order valence-corrected chi connectivity index (χ2v) is 6.46. The molecule has 0 saturated heterocycles. The number of benzene rings is 1. The number of rotatable bonds is 6. The Hall–Kier alpha value is -1.55. The first-order valence-electron chi connectivity index (χ1n) is 8.63. The Bertz CT molecular complexity index is 469. The molecule has 4 heteroatoms. The van der Waals surface area contributed by atoms with Gasteiger partial charge in [-0.1, -0.05) is 31.4 Å². The third-order valence-corrected chi connectivity index (χ3v) is 4.64. The number of carboxylic acid groups (broad SMARTS) is 1. The fraction of sp³-hybridized carbons (Fsp3) is 0.632. The molecule has 0 heterocycles. The van der Waals surface area contributed by atoms with Crippen molar-refractivity contribution >= 4 is 5.97 Å². The van der Waals surface area contributed by atoms with Crippen LogP contribution in [0.2, 0.25) is 0 Å². The van der Waals surface area contributed by atoms with Gasteiger partial charge in [0.05, 0.1) is 19.8 Å². The number of aliphatic carboxylic acids is 1. The fourth-order valence-corrected chi connectivity index (χ4v) is 3.25. The van der Waals surface area contributed by atoms with Crippen LogP contribution in [0.15, 0.2) is 24.3 Å². The second-order valence-electron chi connectivity index (χ2n) is 6.46. The highest BCUT2D eigenvalue weighted by molar-refractivity contribution is 5.66. The van der Waals surface area contributed by atoms with E-state index in [1.165, 1.54) is 12.8 Å². The maximum absolute atomic E-state index is 11.0. The van der Waals surface area contributed by atoms with Crippen LogP contribution in [0.4, 0.5) is 0 Å². The summed E-state index contributed by atoms with van der Waals surface area (Å²) in [7, 11) is 1.66. The van der Waals surface area contributed by atoms with Crippen LogP contribution in [0.3, 0.4) is 0 Å². The van der Waals surface area contributed by atoms with Gasteiger partial charge >= 0.3 is 5.97 Å². The molecular formula is C19H28O4. The molecule has 0 radical (unpaired) electrons. The van der Waals surface area contributed by atoms with Crippen molar-refractivity contribution in [1.29, 1.82) is 0 Å². The number of hydrogen-bond donors (Lipinski definition) is 1. The van der Waals surface area contributed by atoms with Crippen molar-refractivity contribution in [3.05, 3.63) is 29.8 Å². The minimum atomic E-state index is -0.676. The molecule has 2 rings (SSSR count). The summed E-state index contributed by atoms with van der Waals surface area (Å²) in [5.41, 5.74) is 1.15. The van der Waals surface area contributed by atoms with Gasteiger partial charge in [-0.05, 0) is 49.3 Å². The summed E-state index contributed by atoms with van der Waals surface area (Å²) in [6.45, 7) is 0.609. The van der Waals surface area contributed by atoms with Crippen molar-refractivity contribution in [2.75, 3.05) is 7.11 Å². The molecule has 1 N–H and O–H groups in total. The molecular weight excluding hydrogens is 292 g/mol. The second kappa shape index (κ2) is 9.56. The Labute approximate surface area is 138 Å². The standard InChI is InChI=1S/C19H28O4/c1-22-17-10-8-16(9-11-17)14-23-18-6-4-2-3-5-15(7-12-18)13-19(20)21/h8-11,15,18H,2-7,12-14H2,1H3,(H,20,21). The molecule has 23 heavy (non-hydrogen) atoms. The first kappa shape index (κ1) is 17.8. The van der Waals surface area contributed by atoms with E-state index < -0.39 is 5.97 Å². The predicted molar refractivity (Wildman–Crippen MR) is 89.6 cm³/mol. The van der Waals surface area contributed by atoms with Crippen LogP contribution in [-0.4, -0.2) is 24.3 Å². The lowest BCUT2D eigenvalue weighted by molar-refractivity contribution is -0.138. The summed E-state index contributed by atoms with van der Waals surface area (Å²) in [6, 6.07) is 7.96. The molecule has 1 aliphatic carbocycles. The van der Waals surface area contributed by atoms with Gasteiger partial charge in [0.25, 0.3) is 0 Å². The molecule has 1 aromatic carbocycles. The van der Waals surface area contributed by atoms with Crippen LogP contribution >= 0.6 is 0 Å². The Morgan fingerprint density at radius 2 is 1.83 bits per heavy atom. The molecule has 0 bridgehead atoms. The third kappa shape index (κ3) is 6.61. The first-order chi connectivity index (χ1) is 11.2. The molecule has 4 nitrogen and oxygen atoms in total. The van der Waals surface area contributed by atoms with Crippen LogP contribution in [0.1, 0.15) is 56.9 Å². The highest BCUT2D eigenvalue weighted by Crippen LogP contribution is 2.26. The van der Waals surface area contributed by atoms with Gasteiger partial charge in [-0.15, -0.1) is 0 Å². The monoisotopic (exact) mass is 320 g/mol. The van der Waals surface area contributed by atoms with Gasteiger partial charge in [-0.2, -0.15) is 0 Å². The molecule has 0 amide bonds. The average molecular weight is 320 g/mol. The molecule has 1 aromatic rings. The number of hydrogen-bond acceptors (Lipinski definition) is 3. The van der Waals surface area contributed by atoms with Gasteiger partial charge in [-0.25, -0.2) is 0 Å². The van der Waals surface area contributed by atoms with E-state index in [0.717, 1.165) is 43.4 Å². The number of methoxy groups -OCH3 is 1. The van der Waals surface area contributed by atoms with E-state index in [1.807, 2.05) is 24.3 Å². The summed E-state index contributed by atoms with van der Waals surface area (Å²) >= 11 is 0. The van der Waals surface area contributed by atoms with Crippen molar-refractivity contribution in [1.82, 2.24) is 0 Å². The van der Waals surface area contributed by atoms with Crippen molar-refractivity contribution in [2.45, 2.75) is 64.1 Å². The molecule has 128 valence electrons. The van der Waals surface area contributed by atoms with E-state index in [9.17, 15) is 4.79 Å². The van der Waals surface area contributed by atoms with Crippen LogP contribution in [0.25, 0.3) is 0 Å². The molecule has 0 spiro atoms. The van der Waals surface area contributed by atoms with E-state index in [4.69, 9.17) is 14.6 Å². The molecule has 1 saturated carbocycles. The molecule has 0 aliphatic heterocycles. The normalized spacial score (nSPS) is 22.7. The summed E-state index contributed by atoms with van der Waals surface area (Å²) in [5.74, 6) is 0.482. The molecule has 2 atom stereocenters. The zero-order chi connectivity index (χ0) is 16.5. The lowest BCUT2D eigenvalue weighted by Gasteiger charge is -2.19. The quantitative estimate of drug-likeness (QED) is 0.843. The van der Waals surface area contributed by atoms with Crippen LogP contribution in [-0.2, 0) is 16.1 Å². The number of carbonyl (C=O) groups is 1. The van der Waals surface area contributed by atoms with E-state index in [-0.39, 0.29) is 6.10 Å². The van der Waals surface area contributed by atoms with Crippen LogP contribution in [0, 0.1) is 5.92 Å². The van der Waals surface area contributed by atoms with Gasteiger partial charge in [0.1, 0.15) is 5.75 Å². The van der Waals surface area contributed by atoms with Gasteiger partial charge in [0, 0.05) is 6.42 Å². The van der Waals surface area contributed by atoms with Crippen molar-refractivity contribution in [3.8, 4) is 5.75 Å². The minimum absolute atomic E-state index is 0.242. The predicted octanol–water partition coefficient (Wildman–Crippen LogP) is 4.42. The number of carboxylic acids is 1. The molecule has 1 aliphatic rings. The Kier molecular flexibility index (Phi) is 7.40. The van der Waals surface area contributed by atoms with Crippen molar-refractivity contribution in [3.63, 3.8) is 0 Å². The highest BCUT2D eigenvalue weighted by atomic mass is 16.5. The summed E-state index contributed by atoms with van der Waals surface area (Å²) < 4.78 is 11.3. The summed E-state index contributed by atoms with van der Waals surface area (Å²) in [5, 5.41) is 9.02. The van der Waals surface area contributed by atoms with Gasteiger partial charge < -0.3 is 14.6 Å². The van der Waals surface area contributed by atoms with E-state index in [0.29, 0.717) is 18.9 Å².